The SMILES string of the molecule is CC(C)CN(C)CCc1cc2cc(-c3ccc(C(=O)N4CCOCC4)cn3)ccc2o1. The molecule has 6 heteroatoms. The smallest absolute Gasteiger partial charge is 0.255 e. The number of carbonyl (C=O) groups is 1. The topological polar surface area (TPSA) is 58.8 Å². The van der Waals surface area contributed by atoms with E-state index in [9.17, 15) is 4.79 Å². The third kappa shape index (κ3) is 5.32. The summed E-state index contributed by atoms with van der Waals surface area (Å²) >= 11 is 0. The van der Waals surface area contributed by atoms with Crippen molar-refractivity contribution >= 4 is 16.9 Å². The van der Waals surface area contributed by atoms with Crippen LogP contribution in [0.25, 0.3) is 22.2 Å². The van der Waals surface area contributed by atoms with Crippen molar-refractivity contribution < 1.29 is 13.9 Å². The number of hydrogen-bond acceptors (Lipinski definition) is 5. The van der Waals surface area contributed by atoms with Crippen LogP contribution in [0.1, 0.15) is 30.0 Å². The number of morpholine rings is 1. The van der Waals surface area contributed by atoms with E-state index in [1.54, 1.807) is 6.20 Å². The molecule has 4 rings (SSSR count). The molecular weight excluding hydrogens is 390 g/mol. The third-order valence-electron chi connectivity index (χ3n) is 5.59. The summed E-state index contributed by atoms with van der Waals surface area (Å²) in [6, 6.07) is 12.0. The van der Waals surface area contributed by atoms with Gasteiger partial charge in [-0.2, -0.15) is 0 Å². The van der Waals surface area contributed by atoms with Crippen molar-refractivity contribution in [2.75, 3.05) is 46.4 Å². The molecule has 0 unspecified atom stereocenters. The molecule has 0 aliphatic carbocycles. The highest BCUT2D eigenvalue weighted by atomic mass is 16.5. The van der Waals surface area contributed by atoms with Crippen molar-refractivity contribution in [3.05, 3.63) is 53.9 Å². The molecule has 31 heavy (non-hydrogen) atoms. The van der Waals surface area contributed by atoms with Crippen molar-refractivity contribution in [2.45, 2.75) is 20.3 Å². The Morgan fingerprint density at radius 1 is 1.16 bits per heavy atom. The van der Waals surface area contributed by atoms with Crippen molar-refractivity contribution in [2.24, 2.45) is 5.92 Å². The van der Waals surface area contributed by atoms with Gasteiger partial charge in [0.05, 0.1) is 24.5 Å². The van der Waals surface area contributed by atoms with Gasteiger partial charge in [-0.05, 0) is 49.4 Å². The second-order valence-corrected chi connectivity index (χ2v) is 8.71. The van der Waals surface area contributed by atoms with Gasteiger partial charge in [0.25, 0.3) is 5.91 Å². The lowest BCUT2D eigenvalue weighted by Crippen LogP contribution is -2.40. The number of rotatable bonds is 7. The van der Waals surface area contributed by atoms with Crippen LogP contribution in [-0.2, 0) is 11.2 Å². The normalized spacial score (nSPS) is 14.7. The number of amides is 1. The third-order valence-corrected chi connectivity index (χ3v) is 5.59. The van der Waals surface area contributed by atoms with Gasteiger partial charge in [0.2, 0.25) is 0 Å². The average Bonchev–Trinajstić information content (AvgIpc) is 3.20. The van der Waals surface area contributed by atoms with Gasteiger partial charge >= 0.3 is 0 Å². The Hall–Kier alpha value is -2.70. The number of furan rings is 1. The summed E-state index contributed by atoms with van der Waals surface area (Å²) in [5, 5.41) is 1.08. The average molecular weight is 422 g/mol. The Morgan fingerprint density at radius 3 is 2.68 bits per heavy atom. The van der Waals surface area contributed by atoms with E-state index in [-0.39, 0.29) is 5.91 Å². The van der Waals surface area contributed by atoms with Crippen molar-refractivity contribution in [1.82, 2.24) is 14.8 Å². The minimum absolute atomic E-state index is 0.0136. The van der Waals surface area contributed by atoms with Crippen molar-refractivity contribution in [1.29, 1.82) is 0 Å². The van der Waals surface area contributed by atoms with Gasteiger partial charge in [-0.25, -0.2) is 0 Å². The molecule has 0 spiro atoms. The maximum Gasteiger partial charge on any atom is 0.255 e. The number of likely N-dealkylation sites (N-methyl/N-ethyl adjacent to an activating group) is 1. The summed E-state index contributed by atoms with van der Waals surface area (Å²) in [5.74, 6) is 1.67. The Balaban J connectivity index is 1.45. The molecule has 0 bridgehead atoms. The summed E-state index contributed by atoms with van der Waals surface area (Å²) in [4.78, 5) is 21.3. The quantitative estimate of drug-likeness (QED) is 0.575. The number of fused-ring (bicyclic) bond motifs is 1. The molecule has 1 amide bonds. The van der Waals surface area contributed by atoms with Gasteiger partial charge in [-0.15, -0.1) is 0 Å². The predicted octanol–water partition coefficient (Wildman–Crippen LogP) is 4.10. The predicted molar refractivity (Wildman–Crippen MR) is 122 cm³/mol. The van der Waals surface area contributed by atoms with E-state index < -0.39 is 0 Å². The minimum Gasteiger partial charge on any atom is -0.461 e. The van der Waals surface area contributed by atoms with E-state index >= 15 is 0 Å². The van der Waals surface area contributed by atoms with Crippen LogP contribution in [0.4, 0.5) is 0 Å². The summed E-state index contributed by atoms with van der Waals surface area (Å²) in [6.45, 7) is 8.98. The van der Waals surface area contributed by atoms with Crippen LogP contribution >= 0.6 is 0 Å². The summed E-state index contributed by atoms with van der Waals surface area (Å²) in [7, 11) is 2.15. The lowest BCUT2D eigenvalue weighted by molar-refractivity contribution is 0.0302. The largest absolute Gasteiger partial charge is 0.461 e. The number of pyridine rings is 1. The molecule has 3 aromatic rings. The maximum atomic E-state index is 12.6. The summed E-state index contributed by atoms with van der Waals surface area (Å²) in [6.07, 6.45) is 2.56. The lowest BCUT2D eigenvalue weighted by atomic mass is 10.1. The monoisotopic (exact) mass is 421 g/mol. The van der Waals surface area contributed by atoms with Gasteiger partial charge in [0.1, 0.15) is 11.3 Å². The van der Waals surface area contributed by atoms with Crippen LogP contribution in [-0.4, -0.2) is 67.1 Å². The zero-order valence-corrected chi connectivity index (χ0v) is 18.6. The van der Waals surface area contributed by atoms with Gasteiger partial charge in [0, 0.05) is 49.7 Å². The highest BCUT2D eigenvalue weighted by molar-refractivity contribution is 5.94. The fourth-order valence-corrected chi connectivity index (χ4v) is 4.04. The zero-order valence-electron chi connectivity index (χ0n) is 18.6. The van der Waals surface area contributed by atoms with Crippen molar-refractivity contribution in [3.8, 4) is 11.3 Å². The van der Waals surface area contributed by atoms with E-state index in [2.05, 4.69) is 42.9 Å². The van der Waals surface area contributed by atoms with Gasteiger partial charge in [-0.3, -0.25) is 9.78 Å². The fraction of sp³-hybridized carbons (Fsp3) is 0.440. The Kier molecular flexibility index (Phi) is 6.68. The zero-order chi connectivity index (χ0) is 21.8. The molecule has 1 aliphatic rings. The van der Waals surface area contributed by atoms with Crippen LogP contribution in [0, 0.1) is 5.92 Å². The molecule has 164 valence electrons. The fourth-order valence-electron chi connectivity index (χ4n) is 4.04. The second kappa shape index (κ2) is 9.62. The first-order chi connectivity index (χ1) is 15.0. The molecule has 0 saturated carbocycles. The molecular formula is C25H31N3O3. The number of ether oxygens (including phenoxy) is 1. The molecule has 0 radical (unpaired) electrons. The van der Waals surface area contributed by atoms with E-state index in [0.29, 0.717) is 37.8 Å². The van der Waals surface area contributed by atoms with E-state index in [4.69, 9.17) is 9.15 Å². The maximum absolute atomic E-state index is 12.6. The van der Waals surface area contributed by atoms with Crippen LogP contribution in [0.3, 0.4) is 0 Å². The molecule has 0 atom stereocenters. The van der Waals surface area contributed by atoms with Gasteiger partial charge in [-0.1, -0.05) is 13.8 Å². The molecule has 1 aliphatic heterocycles. The Morgan fingerprint density at radius 2 is 1.97 bits per heavy atom. The van der Waals surface area contributed by atoms with Crippen LogP contribution in [0.15, 0.2) is 47.0 Å². The van der Waals surface area contributed by atoms with Crippen LogP contribution in [0.5, 0.6) is 0 Å². The summed E-state index contributed by atoms with van der Waals surface area (Å²) < 4.78 is 11.3. The Labute approximate surface area is 183 Å². The standard InChI is InChI=1S/C25H31N3O3/c1-18(2)17-27(3)9-8-22-15-21-14-19(5-7-24(21)31-22)23-6-4-20(16-26-23)25(29)28-10-12-30-13-11-28/h4-7,14-16,18H,8-13,17H2,1-3H3. The number of benzene rings is 1. The minimum atomic E-state index is 0.0136. The van der Waals surface area contributed by atoms with E-state index in [1.807, 2.05) is 29.2 Å². The van der Waals surface area contributed by atoms with E-state index in [0.717, 1.165) is 47.5 Å². The molecule has 6 nitrogen and oxygen atoms in total. The van der Waals surface area contributed by atoms with Crippen LogP contribution in [0.2, 0.25) is 0 Å². The molecule has 1 aromatic carbocycles. The molecule has 2 aromatic heterocycles. The number of nitrogens with zero attached hydrogens (tertiary/aromatic N) is 3. The van der Waals surface area contributed by atoms with E-state index in [1.165, 1.54) is 0 Å². The second-order valence-electron chi connectivity index (χ2n) is 8.71. The number of aromatic nitrogens is 1. The lowest BCUT2D eigenvalue weighted by Gasteiger charge is -2.26. The van der Waals surface area contributed by atoms with Gasteiger partial charge < -0.3 is 19.0 Å². The molecule has 1 saturated heterocycles. The number of hydrogen-bond donors (Lipinski definition) is 0. The number of carbonyl (C=O) groups excluding carboxylic acids is 1. The molecule has 3 heterocycles. The summed E-state index contributed by atoms with van der Waals surface area (Å²) in [5.41, 5.74) is 3.37. The Bertz CT molecular complexity index is 1020. The van der Waals surface area contributed by atoms with Gasteiger partial charge in [0.15, 0.2) is 0 Å². The highest BCUT2D eigenvalue weighted by Crippen LogP contribution is 2.26. The van der Waals surface area contributed by atoms with Crippen LogP contribution < -0.4 is 0 Å². The first-order valence-corrected chi connectivity index (χ1v) is 11.0. The highest BCUT2D eigenvalue weighted by Gasteiger charge is 2.19. The first kappa shape index (κ1) is 21.5. The van der Waals surface area contributed by atoms with Crippen molar-refractivity contribution in [3.63, 3.8) is 0 Å². The molecule has 0 N–H and O–H groups in total. The molecule has 1 fully saturated rings. The first-order valence-electron chi connectivity index (χ1n) is 11.0.